The van der Waals surface area contributed by atoms with Crippen LogP contribution in [-0.4, -0.2) is 24.0 Å². The maximum Gasteiger partial charge on any atom is 0.0847 e. The summed E-state index contributed by atoms with van der Waals surface area (Å²) in [5, 5.41) is 5.27. The molecule has 4 unspecified atom stereocenters. The van der Waals surface area contributed by atoms with Crippen LogP contribution in [0.3, 0.4) is 0 Å². The highest BCUT2D eigenvalue weighted by molar-refractivity contribution is 7.20. The van der Waals surface area contributed by atoms with E-state index in [4.69, 9.17) is 0 Å². The first-order valence-corrected chi connectivity index (χ1v) is 18.0. The van der Waals surface area contributed by atoms with Gasteiger partial charge in [0.15, 0.2) is 0 Å². The first kappa shape index (κ1) is 28.4. The molecule has 0 fully saturated rings. The molecule has 4 heteroatoms. The fourth-order valence-electron chi connectivity index (χ4n) is 8.47. The van der Waals surface area contributed by atoms with Crippen molar-refractivity contribution >= 4 is 44.6 Å². The summed E-state index contributed by atoms with van der Waals surface area (Å²) in [6.45, 7) is 0. The predicted octanol–water partition coefficient (Wildman–Crippen LogP) is 10.7. The molecule has 6 aromatic rings. The topological polar surface area (TPSA) is 18.5 Å². The molecule has 1 aliphatic carbocycles. The minimum absolute atomic E-state index is 0.140. The summed E-state index contributed by atoms with van der Waals surface area (Å²) in [6, 6.07) is 47.0. The van der Waals surface area contributed by atoms with Crippen molar-refractivity contribution in [2.75, 3.05) is 11.9 Å². The zero-order valence-electron chi connectivity index (χ0n) is 27.2. The average Bonchev–Trinajstić information content (AvgIpc) is 3.71. The molecular formula is C45H35N3S. The third-order valence-corrected chi connectivity index (χ3v) is 12.0. The van der Waals surface area contributed by atoms with Crippen LogP contribution in [0.5, 0.6) is 0 Å². The van der Waals surface area contributed by atoms with E-state index in [1.807, 2.05) is 11.3 Å². The minimum Gasteiger partial charge on any atom is -0.373 e. The number of rotatable bonds is 4. The molecular weight excluding hydrogens is 615 g/mol. The Labute approximate surface area is 291 Å². The number of nitrogens with zero attached hydrogens (tertiary/aromatic N) is 2. The van der Waals surface area contributed by atoms with Crippen molar-refractivity contribution < 1.29 is 0 Å². The number of anilines is 2. The van der Waals surface area contributed by atoms with E-state index in [9.17, 15) is 0 Å². The van der Waals surface area contributed by atoms with Crippen LogP contribution in [0.1, 0.15) is 39.1 Å². The summed E-state index contributed by atoms with van der Waals surface area (Å²) in [5.74, 6) is 0.255. The molecule has 10 rings (SSSR count). The summed E-state index contributed by atoms with van der Waals surface area (Å²) in [5.41, 5.74) is 12.9. The highest BCUT2D eigenvalue weighted by atomic mass is 32.1. The Bertz CT molecular complexity index is 2360. The van der Waals surface area contributed by atoms with E-state index in [0.717, 1.165) is 0 Å². The molecule has 236 valence electrons. The Morgan fingerprint density at radius 3 is 2.35 bits per heavy atom. The van der Waals surface area contributed by atoms with Crippen LogP contribution in [0.2, 0.25) is 0 Å². The number of para-hydroxylation sites is 1. The molecule has 49 heavy (non-hydrogen) atoms. The molecule has 0 bridgehead atoms. The summed E-state index contributed by atoms with van der Waals surface area (Å²) in [7, 11) is 2.21. The van der Waals surface area contributed by atoms with Crippen molar-refractivity contribution in [1.82, 2.24) is 10.2 Å². The average molecular weight is 650 g/mol. The van der Waals surface area contributed by atoms with Crippen LogP contribution in [0, 0.1) is 0 Å². The van der Waals surface area contributed by atoms with Crippen molar-refractivity contribution in [3.8, 4) is 11.1 Å². The summed E-state index contributed by atoms with van der Waals surface area (Å²) >= 11 is 1.93. The maximum atomic E-state index is 3.90. The van der Waals surface area contributed by atoms with E-state index in [0.29, 0.717) is 0 Å². The van der Waals surface area contributed by atoms with Crippen molar-refractivity contribution in [1.29, 1.82) is 0 Å². The van der Waals surface area contributed by atoms with Gasteiger partial charge in [0.1, 0.15) is 0 Å². The van der Waals surface area contributed by atoms with Crippen LogP contribution >= 0.6 is 11.3 Å². The van der Waals surface area contributed by atoms with Gasteiger partial charge in [0.25, 0.3) is 0 Å². The van der Waals surface area contributed by atoms with Gasteiger partial charge in [0.2, 0.25) is 0 Å². The normalized spacial score (nSPS) is 21.7. The lowest BCUT2D eigenvalue weighted by Gasteiger charge is -2.40. The molecule has 5 aromatic carbocycles. The molecule has 1 N–H and O–H groups in total. The molecule has 0 radical (unpaired) electrons. The van der Waals surface area contributed by atoms with Gasteiger partial charge in [0.05, 0.1) is 18.1 Å². The Morgan fingerprint density at radius 2 is 1.47 bits per heavy atom. The van der Waals surface area contributed by atoms with Crippen molar-refractivity contribution in [3.05, 3.63) is 191 Å². The number of likely N-dealkylation sites (N-methyl/N-ethyl adjacent to an activating group) is 1. The Balaban J connectivity index is 1.04. The minimum atomic E-state index is 0.140. The number of benzene rings is 5. The second-order valence-electron chi connectivity index (χ2n) is 13.4. The smallest absolute Gasteiger partial charge is 0.0847 e. The van der Waals surface area contributed by atoms with Gasteiger partial charge in [-0.2, -0.15) is 0 Å². The highest BCUT2D eigenvalue weighted by Crippen LogP contribution is 2.55. The number of allylic oxidation sites excluding steroid dienone is 2. The quantitative estimate of drug-likeness (QED) is 0.192. The van der Waals surface area contributed by atoms with Crippen LogP contribution < -0.4 is 10.2 Å². The molecule has 1 aromatic heterocycles. The third kappa shape index (κ3) is 4.48. The lowest BCUT2D eigenvalue weighted by atomic mass is 9.82. The first-order valence-electron chi connectivity index (χ1n) is 17.1. The van der Waals surface area contributed by atoms with Crippen LogP contribution in [0.4, 0.5) is 11.4 Å². The van der Waals surface area contributed by atoms with Gasteiger partial charge >= 0.3 is 0 Å². The van der Waals surface area contributed by atoms with Crippen LogP contribution in [0.25, 0.3) is 33.0 Å². The molecule has 4 heterocycles. The Kier molecular flexibility index (Phi) is 6.53. The fraction of sp³-hybridized carbons (Fsp3) is 0.111. The van der Waals surface area contributed by atoms with Gasteiger partial charge in [-0.1, -0.05) is 127 Å². The van der Waals surface area contributed by atoms with Crippen molar-refractivity contribution in [2.45, 2.75) is 24.0 Å². The molecule has 4 atom stereocenters. The van der Waals surface area contributed by atoms with E-state index in [-0.39, 0.29) is 24.0 Å². The van der Waals surface area contributed by atoms with Gasteiger partial charge in [-0.05, 0) is 69.6 Å². The second kappa shape index (κ2) is 11.3. The molecule has 0 saturated heterocycles. The lowest BCUT2D eigenvalue weighted by Crippen LogP contribution is -2.41. The summed E-state index contributed by atoms with van der Waals surface area (Å²) < 4.78 is 1.35. The zero-order chi connectivity index (χ0) is 32.5. The van der Waals surface area contributed by atoms with Gasteiger partial charge in [-0.3, -0.25) is 0 Å². The molecule has 0 saturated carbocycles. The van der Waals surface area contributed by atoms with Gasteiger partial charge in [-0.15, -0.1) is 11.3 Å². The first-order chi connectivity index (χ1) is 24.2. The number of hydrogen-bond donors (Lipinski definition) is 1. The number of fused-ring (bicyclic) bond motifs is 8. The largest absolute Gasteiger partial charge is 0.373 e. The highest BCUT2D eigenvalue weighted by Gasteiger charge is 2.43. The Morgan fingerprint density at radius 1 is 0.694 bits per heavy atom. The molecule has 3 nitrogen and oxygen atoms in total. The van der Waals surface area contributed by atoms with E-state index in [1.54, 1.807) is 0 Å². The standard InChI is InChI=1S/C45H35N3S/c1-47-38(30-14-6-3-7-15-30)24-23-37-40(47)25-22-36(46-37)33-19-11-20-35-44-42(49-45(33)35)27-26-41-43(44)34-18-8-9-21-39(34)48(41)32-17-10-16-31(28-32)29-12-4-2-5-13-29/h2-28,37-38,41,43,46H,1H3. The molecule has 0 amide bonds. The number of nitrogens with one attached hydrogen (secondary N) is 1. The maximum absolute atomic E-state index is 3.90. The molecule has 4 aliphatic rings. The van der Waals surface area contributed by atoms with Crippen LogP contribution in [0.15, 0.2) is 163 Å². The van der Waals surface area contributed by atoms with Gasteiger partial charge < -0.3 is 15.1 Å². The van der Waals surface area contributed by atoms with Crippen molar-refractivity contribution in [3.63, 3.8) is 0 Å². The van der Waals surface area contributed by atoms with Gasteiger partial charge in [0, 0.05) is 50.9 Å². The fourth-order valence-corrected chi connectivity index (χ4v) is 9.76. The Hall–Kier alpha value is -5.58. The number of dihydropyridines is 1. The number of thiophene rings is 1. The van der Waals surface area contributed by atoms with E-state index >= 15 is 0 Å². The summed E-state index contributed by atoms with van der Waals surface area (Å²) in [4.78, 5) is 6.33. The lowest BCUT2D eigenvalue weighted by molar-refractivity contribution is 0.323. The second-order valence-corrected chi connectivity index (χ2v) is 14.4. The monoisotopic (exact) mass is 649 g/mol. The van der Waals surface area contributed by atoms with Crippen molar-refractivity contribution in [2.24, 2.45) is 0 Å². The third-order valence-electron chi connectivity index (χ3n) is 10.7. The SMILES string of the molecule is CN1C2=CC=C(c3cccc4c5c(sc34)C=CC3C5c4ccccc4N3c3cccc(-c4ccccc4)c3)NC2C=CC1c1ccccc1. The van der Waals surface area contributed by atoms with E-state index in [2.05, 4.69) is 186 Å². The zero-order valence-corrected chi connectivity index (χ0v) is 28.0. The molecule has 3 aliphatic heterocycles. The van der Waals surface area contributed by atoms with E-state index < -0.39 is 0 Å². The van der Waals surface area contributed by atoms with E-state index in [1.165, 1.54) is 71.1 Å². The van der Waals surface area contributed by atoms with Gasteiger partial charge in [-0.25, -0.2) is 0 Å². The summed E-state index contributed by atoms with van der Waals surface area (Å²) in [6.07, 6.45) is 14.1. The molecule has 0 spiro atoms. The predicted molar refractivity (Wildman–Crippen MR) is 206 cm³/mol. The van der Waals surface area contributed by atoms with Crippen LogP contribution in [-0.2, 0) is 0 Å². The number of hydrogen-bond acceptors (Lipinski definition) is 4.